The zero-order valence-electron chi connectivity index (χ0n) is 26.0. The minimum Gasteiger partial charge on any atom is -0.481 e. The van der Waals surface area contributed by atoms with Crippen LogP contribution in [0, 0.1) is 30.6 Å². The number of carboxylic acids is 1. The predicted molar refractivity (Wildman–Crippen MR) is 170 cm³/mol. The molecule has 44 heavy (non-hydrogen) atoms. The number of nitrogens with zero attached hydrogens (tertiary/aromatic N) is 2. The summed E-state index contributed by atoms with van der Waals surface area (Å²) in [6.45, 7) is 14.2. The molecule has 5 heterocycles. The Hall–Kier alpha value is -4.53. The van der Waals surface area contributed by atoms with Gasteiger partial charge in [-0.1, -0.05) is 26.5 Å². The van der Waals surface area contributed by atoms with Crippen molar-refractivity contribution in [1.29, 1.82) is 0 Å². The fourth-order valence-corrected chi connectivity index (χ4v) is 7.67. The maximum atomic E-state index is 14.0. The zero-order valence-corrected chi connectivity index (χ0v) is 26.0. The summed E-state index contributed by atoms with van der Waals surface area (Å²) in [5.74, 6) is -3.78. The molecule has 1 aliphatic carbocycles. The molecule has 5 atom stereocenters. The van der Waals surface area contributed by atoms with Gasteiger partial charge < -0.3 is 20.1 Å². The lowest BCUT2D eigenvalue weighted by atomic mass is 9.76. The van der Waals surface area contributed by atoms with Crippen LogP contribution in [0.5, 0.6) is 0 Å². The van der Waals surface area contributed by atoms with Crippen LogP contribution in [0.15, 0.2) is 68.1 Å². The number of esters is 1. The number of ketones is 1. The highest BCUT2D eigenvalue weighted by atomic mass is 16.5. The highest BCUT2D eigenvalue weighted by Gasteiger charge is 2.57. The number of ether oxygens (including phenoxy) is 1. The second kappa shape index (κ2) is 10.9. The Morgan fingerprint density at radius 2 is 1.82 bits per heavy atom. The number of H-pyrrole nitrogens is 1. The summed E-state index contributed by atoms with van der Waals surface area (Å²) in [6.07, 6.45) is 9.01. The number of carboxylic acid groups (broad SMARTS) is 1. The molecule has 1 saturated carbocycles. The fourth-order valence-electron chi connectivity index (χ4n) is 7.67. The van der Waals surface area contributed by atoms with Crippen LogP contribution >= 0.6 is 0 Å². The van der Waals surface area contributed by atoms with E-state index in [1.54, 1.807) is 0 Å². The molecule has 1 saturated heterocycles. The van der Waals surface area contributed by atoms with E-state index in [9.17, 15) is 19.5 Å². The Bertz CT molecular complexity index is 1760. The smallest absolute Gasteiger partial charge is 0.317 e. The number of hydrogen-bond acceptors (Lipinski definition) is 7. The van der Waals surface area contributed by atoms with Crippen LogP contribution in [0.4, 0.5) is 0 Å². The average Bonchev–Trinajstić information content (AvgIpc) is 3.72. The topological polar surface area (TPSA) is 133 Å². The van der Waals surface area contributed by atoms with E-state index < -0.39 is 29.8 Å². The number of nitrogens with one attached hydrogen (secondary N) is 2. The minimum atomic E-state index is -1.07. The second-order valence-electron chi connectivity index (χ2n) is 12.3. The third-order valence-corrected chi connectivity index (χ3v) is 10.1. The number of hydrogen-bond donors (Lipinski definition) is 3. The van der Waals surface area contributed by atoms with Crippen LogP contribution in [0.2, 0.25) is 0 Å². The van der Waals surface area contributed by atoms with Gasteiger partial charge in [-0.2, -0.15) is 0 Å². The molecule has 9 nitrogen and oxygen atoms in total. The molecule has 6 rings (SSSR count). The monoisotopic (exact) mass is 594 g/mol. The van der Waals surface area contributed by atoms with E-state index >= 15 is 0 Å². The van der Waals surface area contributed by atoms with Crippen molar-refractivity contribution in [2.24, 2.45) is 33.7 Å². The van der Waals surface area contributed by atoms with Gasteiger partial charge in [-0.15, -0.1) is 0 Å². The first-order valence-corrected chi connectivity index (χ1v) is 15.2. The van der Waals surface area contributed by atoms with Crippen molar-refractivity contribution >= 4 is 41.3 Å². The van der Waals surface area contributed by atoms with E-state index in [4.69, 9.17) is 14.7 Å². The molecular formula is C35H38N4O5. The van der Waals surface area contributed by atoms with Gasteiger partial charge in [-0.05, 0) is 80.0 Å². The number of rotatable bonds is 6. The Morgan fingerprint density at radius 1 is 1.09 bits per heavy atom. The van der Waals surface area contributed by atoms with Gasteiger partial charge in [0.1, 0.15) is 5.92 Å². The number of aromatic nitrogens is 1. The average molecular weight is 595 g/mol. The maximum absolute atomic E-state index is 14.0. The first kappa shape index (κ1) is 29.5. The number of aliphatic carboxylic acids is 1. The molecule has 0 amide bonds. The number of carbonyl (C=O) groups excluding carboxylic acids is 2. The summed E-state index contributed by atoms with van der Waals surface area (Å²) in [5, 5.41) is 13.3. The van der Waals surface area contributed by atoms with E-state index in [1.165, 1.54) is 7.11 Å². The van der Waals surface area contributed by atoms with Gasteiger partial charge in [0.25, 0.3) is 0 Å². The number of carbonyl (C=O) groups is 3. The van der Waals surface area contributed by atoms with Crippen molar-refractivity contribution in [1.82, 2.24) is 10.3 Å². The van der Waals surface area contributed by atoms with Crippen LogP contribution in [-0.2, 0) is 25.5 Å². The van der Waals surface area contributed by atoms with Crippen molar-refractivity contribution in [2.45, 2.75) is 59.9 Å². The van der Waals surface area contributed by atoms with Crippen molar-refractivity contribution in [3.63, 3.8) is 0 Å². The number of methoxy groups -OCH3 is 1. The maximum Gasteiger partial charge on any atom is 0.317 e. The standard InChI is InChI=1S/C35H38N4O5/c1-8-19-15(3)22-12-24-17(5)21(10-11-28(40)41)32(38-24)30-31(35(43)44-7)34(42)29-18(6)25(39-33(29)30)14-27-20(9-2)16(4)23(37-27)13-26(19)36-22/h8,12-14,17,21,30-32,37-38H,1,9-11H2,2-7H3,(H,40,41)/b24-12-,25-14-,26-13-. The Labute approximate surface area is 257 Å². The lowest BCUT2D eigenvalue weighted by Crippen LogP contribution is -2.44. The molecule has 5 aliphatic rings. The number of fused-ring (bicyclic) bond motifs is 7. The quantitative estimate of drug-likeness (QED) is 0.304. The molecule has 1 aromatic rings. The van der Waals surface area contributed by atoms with Crippen molar-refractivity contribution in [3.8, 4) is 0 Å². The SMILES string of the molecule is C=CC1=C(C)C2=NC/1=C\c1[nH]c(c(CC)c1C)/C=C1\N=C3C(=C1C)C(=O)C(C(=O)OC)C3C1N/C(=C\2)C(C)C1CCC(=O)O. The molecule has 4 aliphatic heterocycles. The Kier molecular flexibility index (Phi) is 7.30. The summed E-state index contributed by atoms with van der Waals surface area (Å²) in [4.78, 5) is 52.6. The number of Topliss-reactive ketones (excluding diaryl/α,β-unsaturated/α-hetero) is 1. The lowest BCUT2D eigenvalue weighted by Gasteiger charge is -2.29. The molecule has 3 N–H and O–H groups in total. The summed E-state index contributed by atoms with van der Waals surface area (Å²) in [5.41, 5.74) is 10.9. The van der Waals surface area contributed by atoms with Crippen LogP contribution < -0.4 is 5.32 Å². The molecule has 5 unspecified atom stereocenters. The molecule has 8 bridgehead atoms. The van der Waals surface area contributed by atoms with Gasteiger partial charge in [-0.3, -0.25) is 19.4 Å². The summed E-state index contributed by atoms with van der Waals surface area (Å²) >= 11 is 0. The molecule has 228 valence electrons. The molecule has 0 spiro atoms. The van der Waals surface area contributed by atoms with Crippen molar-refractivity contribution < 1.29 is 24.2 Å². The zero-order chi connectivity index (χ0) is 31.6. The van der Waals surface area contributed by atoms with Gasteiger partial charge in [-0.25, -0.2) is 4.99 Å². The van der Waals surface area contributed by atoms with E-state index in [0.717, 1.165) is 62.8 Å². The van der Waals surface area contributed by atoms with Gasteiger partial charge >= 0.3 is 11.9 Å². The number of aliphatic imine (C=N–C) groups is 2. The molecule has 9 heteroatoms. The van der Waals surface area contributed by atoms with Crippen molar-refractivity contribution in [3.05, 3.63) is 80.6 Å². The normalized spacial score (nSPS) is 30.6. The predicted octanol–water partition coefficient (Wildman–Crippen LogP) is 5.27. The van der Waals surface area contributed by atoms with E-state index in [2.05, 4.69) is 43.7 Å². The van der Waals surface area contributed by atoms with Crippen LogP contribution in [-0.4, -0.2) is 52.4 Å². The lowest BCUT2D eigenvalue weighted by molar-refractivity contribution is -0.149. The molecule has 0 aromatic carbocycles. The van der Waals surface area contributed by atoms with Crippen molar-refractivity contribution in [2.75, 3.05) is 7.11 Å². The third kappa shape index (κ3) is 4.40. The highest BCUT2D eigenvalue weighted by Crippen LogP contribution is 2.48. The summed E-state index contributed by atoms with van der Waals surface area (Å²) in [6, 6.07) is -0.425. The molecular weight excluding hydrogens is 556 g/mol. The highest BCUT2D eigenvalue weighted by molar-refractivity contribution is 6.36. The van der Waals surface area contributed by atoms with Gasteiger partial charge in [0.2, 0.25) is 0 Å². The first-order valence-electron chi connectivity index (χ1n) is 15.2. The van der Waals surface area contributed by atoms with Crippen LogP contribution in [0.1, 0.15) is 63.1 Å². The van der Waals surface area contributed by atoms with Crippen LogP contribution in [0.3, 0.4) is 0 Å². The molecule has 0 radical (unpaired) electrons. The fraction of sp³-hybridized carbons (Fsp3) is 0.400. The van der Waals surface area contributed by atoms with Gasteiger partial charge in [0, 0.05) is 52.5 Å². The Morgan fingerprint density at radius 3 is 2.48 bits per heavy atom. The second-order valence-corrected chi connectivity index (χ2v) is 12.3. The summed E-state index contributed by atoms with van der Waals surface area (Å²) < 4.78 is 5.17. The number of aromatic amines is 1. The van der Waals surface area contributed by atoms with E-state index in [1.807, 2.05) is 32.1 Å². The van der Waals surface area contributed by atoms with Crippen LogP contribution in [0.25, 0.3) is 12.2 Å². The van der Waals surface area contributed by atoms with E-state index in [-0.39, 0.29) is 24.0 Å². The van der Waals surface area contributed by atoms with Gasteiger partial charge in [0.15, 0.2) is 5.78 Å². The largest absolute Gasteiger partial charge is 0.481 e. The molecule has 1 aromatic heterocycles. The summed E-state index contributed by atoms with van der Waals surface area (Å²) in [7, 11) is 1.29. The number of allylic oxidation sites excluding steroid dienone is 6. The minimum absolute atomic E-state index is 0.0369. The Balaban J connectivity index is 1.63. The first-order chi connectivity index (χ1) is 21.0. The van der Waals surface area contributed by atoms with Gasteiger partial charge in [0.05, 0.1) is 29.9 Å². The molecule has 2 fully saturated rings. The van der Waals surface area contributed by atoms with E-state index in [0.29, 0.717) is 23.4 Å². The third-order valence-electron chi connectivity index (χ3n) is 10.1.